The molecule has 2 N–H and O–H groups in total. The van der Waals surface area contributed by atoms with Gasteiger partial charge in [0.1, 0.15) is 0 Å². The first kappa shape index (κ1) is 11.9. The predicted octanol–water partition coefficient (Wildman–Crippen LogP) is 0.463. The number of aliphatic hydroxyl groups excluding tert-OH is 2. The van der Waals surface area contributed by atoms with Crippen LogP contribution in [0, 0.1) is 0 Å². The van der Waals surface area contributed by atoms with Crippen LogP contribution in [0.5, 0.6) is 0 Å². The van der Waals surface area contributed by atoms with Crippen LogP contribution in [-0.4, -0.2) is 48.5 Å². The topological polar surface area (TPSA) is 43.7 Å². The molecule has 0 saturated carbocycles. The molecule has 0 aromatic heterocycles. The van der Waals surface area contributed by atoms with E-state index in [1.807, 2.05) is 7.05 Å². The van der Waals surface area contributed by atoms with Crippen molar-refractivity contribution in [3.05, 3.63) is 0 Å². The van der Waals surface area contributed by atoms with Crippen LogP contribution in [0.15, 0.2) is 0 Å². The Balaban J connectivity index is 2.97. The van der Waals surface area contributed by atoms with Gasteiger partial charge in [0.25, 0.3) is 0 Å². The van der Waals surface area contributed by atoms with Crippen molar-refractivity contribution in [2.45, 2.75) is 25.7 Å². The van der Waals surface area contributed by atoms with E-state index in [1.165, 1.54) is 6.42 Å². The van der Waals surface area contributed by atoms with Gasteiger partial charge in [0, 0.05) is 13.2 Å². The van der Waals surface area contributed by atoms with Crippen LogP contribution in [0.4, 0.5) is 0 Å². The van der Waals surface area contributed by atoms with E-state index in [4.69, 9.17) is 10.2 Å². The maximum absolute atomic E-state index is 8.60. The maximum atomic E-state index is 8.60. The molecule has 0 fully saturated rings. The summed E-state index contributed by atoms with van der Waals surface area (Å²) in [5.41, 5.74) is 0. The summed E-state index contributed by atoms with van der Waals surface area (Å²) in [6.07, 6.45) is 4.38. The first-order valence-electron chi connectivity index (χ1n) is 4.71. The van der Waals surface area contributed by atoms with Crippen molar-refractivity contribution in [1.29, 1.82) is 0 Å². The molecule has 0 aromatic carbocycles. The lowest BCUT2D eigenvalue weighted by molar-refractivity contribution is 0.218. The second-order valence-corrected chi connectivity index (χ2v) is 3.16. The molecule has 0 unspecified atom stereocenters. The zero-order valence-corrected chi connectivity index (χ0v) is 8.00. The molecule has 0 spiro atoms. The molecular formula is C9H21NO2. The molecule has 0 amide bonds. The van der Waals surface area contributed by atoms with Crippen molar-refractivity contribution in [3.63, 3.8) is 0 Å². The molecule has 0 rings (SSSR count). The third-order valence-electron chi connectivity index (χ3n) is 1.93. The van der Waals surface area contributed by atoms with Gasteiger partial charge in [-0.2, -0.15) is 0 Å². The van der Waals surface area contributed by atoms with E-state index in [-0.39, 0.29) is 6.61 Å². The normalized spacial score (nSPS) is 11.0. The lowest BCUT2D eigenvalue weighted by Crippen LogP contribution is -2.23. The highest BCUT2D eigenvalue weighted by Gasteiger charge is 1.95. The SMILES string of the molecule is CN(CCO)CCCCCCO. The van der Waals surface area contributed by atoms with Crippen molar-refractivity contribution < 1.29 is 10.2 Å². The third-order valence-corrected chi connectivity index (χ3v) is 1.93. The lowest BCUT2D eigenvalue weighted by Gasteiger charge is -2.14. The Kier molecular flexibility index (Phi) is 8.88. The molecule has 0 aliphatic heterocycles. The number of rotatable bonds is 8. The highest BCUT2D eigenvalue weighted by Crippen LogP contribution is 1.99. The monoisotopic (exact) mass is 175 g/mol. The molecular weight excluding hydrogens is 154 g/mol. The Morgan fingerprint density at radius 1 is 0.833 bits per heavy atom. The fourth-order valence-electron chi connectivity index (χ4n) is 1.13. The number of hydrogen-bond acceptors (Lipinski definition) is 3. The van der Waals surface area contributed by atoms with E-state index >= 15 is 0 Å². The fraction of sp³-hybridized carbons (Fsp3) is 1.00. The van der Waals surface area contributed by atoms with E-state index in [1.54, 1.807) is 0 Å². The lowest BCUT2D eigenvalue weighted by atomic mass is 10.2. The van der Waals surface area contributed by atoms with Gasteiger partial charge in [0.05, 0.1) is 6.61 Å². The fourth-order valence-corrected chi connectivity index (χ4v) is 1.13. The van der Waals surface area contributed by atoms with Crippen LogP contribution >= 0.6 is 0 Å². The molecule has 0 saturated heterocycles. The summed E-state index contributed by atoms with van der Waals surface area (Å²) in [5.74, 6) is 0. The summed E-state index contributed by atoms with van der Waals surface area (Å²) in [6, 6.07) is 0. The molecule has 0 atom stereocenters. The Morgan fingerprint density at radius 3 is 2.08 bits per heavy atom. The van der Waals surface area contributed by atoms with Crippen LogP contribution in [-0.2, 0) is 0 Å². The van der Waals surface area contributed by atoms with Gasteiger partial charge in [-0.15, -0.1) is 0 Å². The van der Waals surface area contributed by atoms with E-state index in [2.05, 4.69) is 4.90 Å². The molecule has 3 heteroatoms. The molecule has 0 aliphatic carbocycles. The summed E-state index contributed by atoms with van der Waals surface area (Å²) in [7, 11) is 2.02. The van der Waals surface area contributed by atoms with E-state index < -0.39 is 0 Å². The van der Waals surface area contributed by atoms with Crippen LogP contribution in [0.3, 0.4) is 0 Å². The number of aliphatic hydroxyl groups is 2. The number of likely N-dealkylation sites (N-methyl/N-ethyl adjacent to an activating group) is 1. The van der Waals surface area contributed by atoms with Gasteiger partial charge in [-0.05, 0) is 26.4 Å². The van der Waals surface area contributed by atoms with Gasteiger partial charge in [-0.25, -0.2) is 0 Å². The van der Waals surface area contributed by atoms with Gasteiger partial charge in [-0.3, -0.25) is 0 Å². The van der Waals surface area contributed by atoms with Crippen LogP contribution in [0.25, 0.3) is 0 Å². The molecule has 3 nitrogen and oxygen atoms in total. The molecule has 0 aliphatic rings. The first-order chi connectivity index (χ1) is 5.81. The third kappa shape index (κ3) is 7.98. The van der Waals surface area contributed by atoms with Gasteiger partial charge in [0.2, 0.25) is 0 Å². The minimum Gasteiger partial charge on any atom is -0.396 e. The second kappa shape index (κ2) is 8.97. The smallest absolute Gasteiger partial charge is 0.0558 e. The van der Waals surface area contributed by atoms with Crippen molar-refractivity contribution in [2.24, 2.45) is 0 Å². The van der Waals surface area contributed by atoms with Crippen molar-refractivity contribution in [3.8, 4) is 0 Å². The Hall–Kier alpha value is -0.120. The van der Waals surface area contributed by atoms with Crippen molar-refractivity contribution in [1.82, 2.24) is 4.90 Å². The summed E-state index contributed by atoms with van der Waals surface area (Å²) >= 11 is 0. The largest absolute Gasteiger partial charge is 0.396 e. The highest BCUT2D eigenvalue weighted by atomic mass is 16.3. The van der Waals surface area contributed by atoms with Gasteiger partial charge >= 0.3 is 0 Å². The van der Waals surface area contributed by atoms with Gasteiger partial charge in [0.15, 0.2) is 0 Å². The second-order valence-electron chi connectivity index (χ2n) is 3.16. The van der Waals surface area contributed by atoms with E-state index in [9.17, 15) is 0 Å². The summed E-state index contributed by atoms with van der Waals surface area (Å²) in [6.45, 7) is 2.37. The summed E-state index contributed by atoms with van der Waals surface area (Å²) < 4.78 is 0. The van der Waals surface area contributed by atoms with Crippen LogP contribution in [0.1, 0.15) is 25.7 Å². The average Bonchev–Trinajstić information content (AvgIpc) is 2.05. The molecule has 12 heavy (non-hydrogen) atoms. The van der Waals surface area contributed by atoms with E-state index in [0.29, 0.717) is 6.61 Å². The molecule has 0 heterocycles. The summed E-state index contributed by atoms with van der Waals surface area (Å²) in [4.78, 5) is 2.12. The van der Waals surface area contributed by atoms with Crippen LogP contribution in [0.2, 0.25) is 0 Å². The zero-order valence-electron chi connectivity index (χ0n) is 8.00. The quantitative estimate of drug-likeness (QED) is 0.527. The van der Waals surface area contributed by atoms with Crippen LogP contribution < -0.4 is 0 Å². The first-order valence-corrected chi connectivity index (χ1v) is 4.71. The maximum Gasteiger partial charge on any atom is 0.0558 e. The van der Waals surface area contributed by atoms with Crippen molar-refractivity contribution >= 4 is 0 Å². The number of hydrogen-bond donors (Lipinski definition) is 2. The van der Waals surface area contributed by atoms with E-state index in [0.717, 1.165) is 32.4 Å². The standard InChI is InChI=1S/C9H21NO2/c1-10(7-9-12)6-4-2-3-5-8-11/h11-12H,2-9H2,1H3. The molecule has 74 valence electrons. The zero-order chi connectivity index (χ0) is 9.23. The Morgan fingerprint density at radius 2 is 1.50 bits per heavy atom. The Bertz CT molecular complexity index is 88.6. The Labute approximate surface area is 75.0 Å². The minimum atomic E-state index is 0.243. The predicted molar refractivity (Wildman–Crippen MR) is 50.1 cm³/mol. The highest BCUT2D eigenvalue weighted by molar-refractivity contribution is 4.50. The summed E-state index contributed by atoms with van der Waals surface area (Å²) in [5, 5.41) is 17.1. The van der Waals surface area contributed by atoms with Crippen molar-refractivity contribution in [2.75, 3.05) is 33.4 Å². The molecule has 0 radical (unpaired) electrons. The number of unbranched alkanes of at least 4 members (excludes halogenated alkanes) is 3. The van der Waals surface area contributed by atoms with Gasteiger partial charge < -0.3 is 15.1 Å². The number of nitrogens with zero attached hydrogens (tertiary/aromatic N) is 1. The average molecular weight is 175 g/mol. The van der Waals surface area contributed by atoms with Gasteiger partial charge in [-0.1, -0.05) is 12.8 Å². The molecule has 0 bridgehead atoms. The molecule has 0 aromatic rings. The minimum absolute atomic E-state index is 0.243.